The minimum Gasteiger partial charge on any atom is -0.380 e. The summed E-state index contributed by atoms with van der Waals surface area (Å²) in [7, 11) is -7.59. The predicted molar refractivity (Wildman–Crippen MR) is 94.1 cm³/mol. The van der Waals surface area contributed by atoms with Gasteiger partial charge in [-0.05, 0) is 35.7 Å². The third-order valence-corrected chi connectivity index (χ3v) is 5.70. The molecule has 3 N–H and O–H groups in total. The number of anilines is 1. The molecule has 0 heterocycles. The maximum atomic E-state index is 12.0. The zero-order chi connectivity index (χ0) is 18.0. The molecular weight excluding hydrogens is 348 g/mol. The third-order valence-electron chi connectivity index (χ3n) is 3.65. The lowest BCUT2D eigenvalue weighted by Crippen LogP contribution is -2.14. The van der Waals surface area contributed by atoms with Gasteiger partial charge >= 0.3 is 0 Å². The molecule has 2 aromatic carbocycles. The van der Waals surface area contributed by atoms with Crippen LogP contribution in [0.15, 0.2) is 52.3 Å². The van der Waals surface area contributed by atoms with Gasteiger partial charge in [0.15, 0.2) is 9.84 Å². The predicted octanol–water partition coefficient (Wildman–Crippen LogP) is 1.91. The summed E-state index contributed by atoms with van der Waals surface area (Å²) in [6.07, 6.45) is 1.89. The third kappa shape index (κ3) is 4.34. The van der Waals surface area contributed by atoms with Gasteiger partial charge in [-0.1, -0.05) is 31.2 Å². The van der Waals surface area contributed by atoms with Crippen molar-refractivity contribution in [3.63, 3.8) is 0 Å². The van der Waals surface area contributed by atoms with Crippen LogP contribution in [-0.2, 0) is 32.8 Å². The standard InChI is InChI=1S/C16H20N2O4S2/c1-3-12-6-4-5-7-13(12)11-18-15-9-8-14(24(17,21)22)10-16(15)23(2,19)20/h4-10,18H,3,11H2,1-2H3,(H2,17,21,22). The van der Waals surface area contributed by atoms with Gasteiger partial charge in [-0.15, -0.1) is 0 Å². The van der Waals surface area contributed by atoms with Crippen LogP contribution in [0.2, 0.25) is 0 Å². The Hall–Kier alpha value is -1.90. The summed E-state index contributed by atoms with van der Waals surface area (Å²) in [5.74, 6) is 0. The fourth-order valence-corrected chi connectivity index (χ4v) is 3.89. The first-order valence-corrected chi connectivity index (χ1v) is 10.7. The van der Waals surface area contributed by atoms with E-state index in [0.29, 0.717) is 12.2 Å². The molecule has 2 rings (SSSR count). The van der Waals surface area contributed by atoms with Crippen molar-refractivity contribution >= 4 is 25.5 Å². The Bertz CT molecular complexity index is 952. The number of primary sulfonamides is 1. The first-order chi connectivity index (χ1) is 11.1. The minimum absolute atomic E-state index is 0.0944. The zero-order valence-corrected chi connectivity index (χ0v) is 15.1. The molecule has 2 aromatic rings. The molecule has 8 heteroatoms. The summed E-state index contributed by atoms with van der Waals surface area (Å²) in [5, 5.41) is 8.15. The van der Waals surface area contributed by atoms with E-state index in [9.17, 15) is 16.8 Å². The van der Waals surface area contributed by atoms with Crippen molar-refractivity contribution in [2.45, 2.75) is 29.7 Å². The van der Waals surface area contributed by atoms with Gasteiger partial charge < -0.3 is 5.32 Å². The molecule has 6 nitrogen and oxygen atoms in total. The highest BCUT2D eigenvalue weighted by Crippen LogP contribution is 2.25. The monoisotopic (exact) mass is 368 g/mol. The summed E-state index contributed by atoms with van der Waals surface area (Å²) >= 11 is 0. The number of sulfonamides is 1. The molecule has 0 aromatic heterocycles. The molecular formula is C16H20N2O4S2. The number of nitrogens with one attached hydrogen (secondary N) is 1. The summed E-state index contributed by atoms with van der Waals surface area (Å²) < 4.78 is 46.9. The Morgan fingerprint density at radius 2 is 1.62 bits per heavy atom. The molecule has 0 unspecified atom stereocenters. The van der Waals surface area contributed by atoms with Crippen molar-refractivity contribution in [2.24, 2.45) is 5.14 Å². The van der Waals surface area contributed by atoms with Crippen LogP contribution >= 0.6 is 0 Å². The Labute approximate surface area is 142 Å². The normalized spacial score (nSPS) is 12.1. The minimum atomic E-state index is -3.97. The van der Waals surface area contributed by atoms with Crippen LogP contribution in [0.5, 0.6) is 0 Å². The molecule has 0 atom stereocenters. The van der Waals surface area contributed by atoms with Gasteiger partial charge in [-0.25, -0.2) is 22.0 Å². The van der Waals surface area contributed by atoms with Crippen molar-refractivity contribution in [1.29, 1.82) is 0 Å². The summed E-state index contributed by atoms with van der Waals surface area (Å²) in [6.45, 7) is 2.48. The van der Waals surface area contributed by atoms with E-state index in [1.54, 1.807) is 0 Å². The van der Waals surface area contributed by atoms with Crippen molar-refractivity contribution in [1.82, 2.24) is 0 Å². The molecule has 0 radical (unpaired) electrons. The second-order valence-corrected chi connectivity index (χ2v) is 9.00. The molecule has 130 valence electrons. The molecule has 0 spiro atoms. The van der Waals surface area contributed by atoms with Crippen LogP contribution in [0.25, 0.3) is 0 Å². The number of benzene rings is 2. The maximum Gasteiger partial charge on any atom is 0.238 e. The Morgan fingerprint density at radius 3 is 2.17 bits per heavy atom. The van der Waals surface area contributed by atoms with E-state index in [4.69, 9.17) is 5.14 Å². The Morgan fingerprint density at radius 1 is 1.00 bits per heavy atom. The van der Waals surface area contributed by atoms with Gasteiger partial charge in [0.25, 0.3) is 0 Å². The van der Waals surface area contributed by atoms with Gasteiger partial charge in [-0.2, -0.15) is 0 Å². The fraction of sp³-hybridized carbons (Fsp3) is 0.250. The first-order valence-electron chi connectivity index (χ1n) is 7.30. The van der Waals surface area contributed by atoms with E-state index in [1.165, 1.54) is 12.1 Å². The van der Waals surface area contributed by atoms with Gasteiger partial charge in [0.2, 0.25) is 10.0 Å². The number of nitrogens with two attached hydrogens (primary N) is 1. The number of rotatable bonds is 6. The summed E-state index contributed by atoms with van der Waals surface area (Å²) in [6, 6.07) is 11.6. The Kier molecular flexibility index (Phi) is 5.32. The lowest BCUT2D eigenvalue weighted by Gasteiger charge is -2.14. The van der Waals surface area contributed by atoms with E-state index >= 15 is 0 Å². The highest BCUT2D eigenvalue weighted by atomic mass is 32.2. The van der Waals surface area contributed by atoms with Crippen molar-refractivity contribution < 1.29 is 16.8 Å². The average Bonchev–Trinajstić information content (AvgIpc) is 2.51. The maximum absolute atomic E-state index is 12.0. The molecule has 0 saturated heterocycles. The molecule has 0 aliphatic rings. The van der Waals surface area contributed by atoms with Crippen molar-refractivity contribution in [3.05, 3.63) is 53.6 Å². The van der Waals surface area contributed by atoms with Gasteiger partial charge in [0, 0.05) is 12.8 Å². The number of hydrogen-bond acceptors (Lipinski definition) is 5. The summed E-state index contributed by atoms with van der Waals surface area (Å²) in [5.41, 5.74) is 2.55. The molecule has 0 aliphatic carbocycles. The highest BCUT2D eigenvalue weighted by molar-refractivity contribution is 7.91. The topological polar surface area (TPSA) is 106 Å². The average molecular weight is 368 g/mol. The SMILES string of the molecule is CCc1ccccc1CNc1ccc(S(N)(=O)=O)cc1S(C)(=O)=O. The molecule has 0 fully saturated rings. The van der Waals surface area contributed by atoms with Crippen LogP contribution in [0.1, 0.15) is 18.1 Å². The van der Waals surface area contributed by atoms with Gasteiger partial charge in [0.1, 0.15) is 0 Å². The largest absolute Gasteiger partial charge is 0.380 e. The molecule has 24 heavy (non-hydrogen) atoms. The van der Waals surface area contributed by atoms with E-state index < -0.39 is 19.9 Å². The molecule has 0 saturated carbocycles. The van der Waals surface area contributed by atoms with Crippen LogP contribution in [0.3, 0.4) is 0 Å². The van der Waals surface area contributed by atoms with E-state index in [1.807, 2.05) is 31.2 Å². The van der Waals surface area contributed by atoms with E-state index in [-0.39, 0.29) is 9.79 Å². The van der Waals surface area contributed by atoms with E-state index in [2.05, 4.69) is 5.32 Å². The molecule has 0 aliphatic heterocycles. The zero-order valence-electron chi connectivity index (χ0n) is 13.5. The molecule has 0 amide bonds. The van der Waals surface area contributed by atoms with Crippen LogP contribution < -0.4 is 10.5 Å². The lowest BCUT2D eigenvalue weighted by atomic mass is 10.1. The second kappa shape index (κ2) is 6.92. The van der Waals surface area contributed by atoms with E-state index in [0.717, 1.165) is 29.9 Å². The summed E-state index contributed by atoms with van der Waals surface area (Å²) in [4.78, 5) is -0.328. The van der Waals surface area contributed by atoms with Crippen LogP contribution in [-0.4, -0.2) is 23.1 Å². The van der Waals surface area contributed by atoms with Crippen molar-refractivity contribution in [2.75, 3.05) is 11.6 Å². The number of sulfone groups is 1. The lowest BCUT2D eigenvalue weighted by molar-refractivity contribution is 0.597. The van der Waals surface area contributed by atoms with Crippen LogP contribution in [0, 0.1) is 0 Å². The Balaban J connectivity index is 2.40. The van der Waals surface area contributed by atoms with Gasteiger partial charge in [0.05, 0.1) is 15.5 Å². The highest BCUT2D eigenvalue weighted by Gasteiger charge is 2.18. The fourth-order valence-electron chi connectivity index (χ4n) is 2.40. The first kappa shape index (κ1) is 18.4. The number of hydrogen-bond donors (Lipinski definition) is 2. The smallest absolute Gasteiger partial charge is 0.238 e. The van der Waals surface area contributed by atoms with Gasteiger partial charge in [-0.3, -0.25) is 0 Å². The number of aryl methyl sites for hydroxylation is 1. The second-order valence-electron chi connectivity index (χ2n) is 5.45. The van der Waals surface area contributed by atoms with Crippen LogP contribution in [0.4, 0.5) is 5.69 Å². The van der Waals surface area contributed by atoms with Crippen molar-refractivity contribution in [3.8, 4) is 0 Å². The molecule has 0 bridgehead atoms. The quantitative estimate of drug-likeness (QED) is 0.810.